The highest BCUT2D eigenvalue weighted by molar-refractivity contribution is 6.35. The van der Waals surface area contributed by atoms with E-state index in [0.29, 0.717) is 28.6 Å². The number of ketones is 1. The predicted octanol–water partition coefficient (Wildman–Crippen LogP) is 3.31. The van der Waals surface area contributed by atoms with Gasteiger partial charge in [-0.15, -0.1) is 0 Å². The van der Waals surface area contributed by atoms with Crippen LogP contribution in [0.3, 0.4) is 0 Å². The van der Waals surface area contributed by atoms with Crippen molar-refractivity contribution < 1.29 is 4.79 Å². The first kappa shape index (κ1) is 12.5. The summed E-state index contributed by atoms with van der Waals surface area (Å²) in [4.78, 5) is 11.7. The lowest BCUT2D eigenvalue weighted by atomic mass is 10.1. The number of nitrogens with two attached hydrogens (primary N) is 1. The average Bonchev–Trinajstić information content (AvgIpc) is 2.22. The second-order valence-electron chi connectivity index (χ2n) is 3.29. The van der Waals surface area contributed by atoms with Gasteiger partial charge in [0.2, 0.25) is 0 Å². The molecular formula is C11H13Cl2NO. The minimum atomic E-state index is 0.0240. The normalized spacial score (nSPS) is 10.3. The number of hydrogen-bond acceptors (Lipinski definition) is 2. The third-order valence-electron chi connectivity index (χ3n) is 2.09. The molecule has 0 aliphatic rings. The highest BCUT2D eigenvalue weighted by Gasteiger charge is 2.10. The van der Waals surface area contributed by atoms with Gasteiger partial charge < -0.3 is 5.73 Å². The minimum Gasteiger partial charge on any atom is -0.330 e. The number of rotatable bonds is 5. The zero-order chi connectivity index (χ0) is 11.3. The fourth-order valence-corrected chi connectivity index (χ4v) is 1.67. The molecule has 0 atom stereocenters. The molecule has 0 spiro atoms. The Kier molecular flexibility index (Phi) is 5.09. The van der Waals surface area contributed by atoms with Gasteiger partial charge in [-0.1, -0.05) is 23.2 Å². The molecule has 0 aromatic heterocycles. The van der Waals surface area contributed by atoms with Crippen molar-refractivity contribution in [2.75, 3.05) is 6.54 Å². The molecule has 2 nitrogen and oxygen atoms in total. The molecule has 0 aliphatic carbocycles. The molecule has 1 rings (SSSR count). The summed E-state index contributed by atoms with van der Waals surface area (Å²) in [5.74, 6) is 0.0240. The van der Waals surface area contributed by atoms with Crippen LogP contribution in [0.2, 0.25) is 10.0 Å². The van der Waals surface area contributed by atoms with E-state index < -0.39 is 0 Å². The van der Waals surface area contributed by atoms with Gasteiger partial charge in [-0.05, 0) is 37.6 Å². The van der Waals surface area contributed by atoms with Gasteiger partial charge in [-0.3, -0.25) is 4.79 Å². The topological polar surface area (TPSA) is 43.1 Å². The molecule has 4 heteroatoms. The highest BCUT2D eigenvalue weighted by Crippen LogP contribution is 2.22. The Bertz CT molecular complexity index is 352. The average molecular weight is 246 g/mol. The highest BCUT2D eigenvalue weighted by atomic mass is 35.5. The van der Waals surface area contributed by atoms with Crippen LogP contribution in [0.25, 0.3) is 0 Å². The number of carbonyl (C=O) groups is 1. The van der Waals surface area contributed by atoms with Gasteiger partial charge in [0.1, 0.15) is 0 Å². The van der Waals surface area contributed by atoms with Crippen LogP contribution in [0, 0.1) is 0 Å². The fourth-order valence-electron chi connectivity index (χ4n) is 1.28. The molecule has 0 aliphatic heterocycles. The largest absolute Gasteiger partial charge is 0.330 e. The number of carbonyl (C=O) groups excluding carboxylic acids is 1. The molecule has 82 valence electrons. The van der Waals surface area contributed by atoms with Crippen LogP contribution in [0.4, 0.5) is 0 Å². The van der Waals surface area contributed by atoms with Gasteiger partial charge >= 0.3 is 0 Å². The van der Waals surface area contributed by atoms with Crippen LogP contribution in [0.1, 0.15) is 29.6 Å². The Morgan fingerprint density at radius 1 is 1.27 bits per heavy atom. The van der Waals surface area contributed by atoms with Crippen molar-refractivity contribution in [1.29, 1.82) is 0 Å². The molecule has 15 heavy (non-hydrogen) atoms. The summed E-state index contributed by atoms with van der Waals surface area (Å²) in [5.41, 5.74) is 5.85. The van der Waals surface area contributed by atoms with Crippen molar-refractivity contribution in [1.82, 2.24) is 0 Å². The van der Waals surface area contributed by atoms with Crippen molar-refractivity contribution in [2.45, 2.75) is 19.3 Å². The molecule has 0 fully saturated rings. The Morgan fingerprint density at radius 3 is 2.67 bits per heavy atom. The standard InChI is InChI=1S/C11H13Cl2NO/c12-8-4-5-10(13)9(7-8)11(15)3-1-2-6-14/h4-5,7H,1-3,6,14H2. The molecule has 0 saturated carbocycles. The fraction of sp³-hybridized carbons (Fsp3) is 0.364. The van der Waals surface area contributed by atoms with Gasteiger partial charge in [0.05, 0.1) is 5.02 Å². The smallest absolute Gasteiger partial charge is 0.164 e. The molecule has 0 radical (unpaired) electrons. The van der Waals surface area contributed by atoms with Gasteiger partial charge in [0, 0.05) is 17.0 Å². The van der Waals surface area contributed by atoms with Gasteiger partial charge in [-0.25, -0.2) is 0 Å². The number of benzene rings is 1. The van der Waals surface area contributed by atoms with Crippen molar-refractivity contribution in [3.63, 3.8) is 0 Å². The van der Waals surface area contributed by atoms with Crippen LogP contribution in [-0.4, -0.2) is 12.3 Å². The van der Waals surface area contributed by atoms with Crippen molar-refractivity contribution >= 4 is 29.0 Å². The number of halogens is 2. The number of Topliss-reactive ketones (excluding diaryl/α,β-unsaturated/α-hetero) is 1. The summed E-state index contributed by atoms with van der Waals surface area (Å²) in [7, 11) is 0. The van der Waals surface area contributed by atoms with Crippen LogP contribution in [0.15, 0.2) is 18.2 Å². The second kappa shape index (κ2) is 6.11. The summed E-state index contributed by atoms with van der Waals surface area (Å²) in [6, 6.07) is 4.91. The van der Waals surface area contributed by atoms with E-state index in [1.54, 1.807) is 18.2 Å². The minimum absolute atomic E-state index is 0.0240. The summed E-state index contributed by atoms with van der Waals surface area (Å²) in [6.07, 6.45) is 2.11. The molecule has 0 heterocycles. The van der Waals surface area contributed by atoms with E-state index in [1.165, 1.54) is 0 Å². The maximum atomic E-state index is 11.7. The zero-order valence-electron chi connectivity index (χ0n) is 8.30. The molecule has 1 aromatic carbocycles. The molecule has 0 unspecified atom stereocenters. The Balaban J connectivity index is 2.68. The van der Waals surface area contributed by atoms with E-state index in [2.05, 4.69) is 0 Å². The van der Waals surface area contributed by atoms with Gasteiger partial charge in [0.25, 0.3) is 0 Å². The SMILES string of the molecule is NCCCCC(=O)c1cc(Cl)ccc1Cl. The first-order valence-electron chi connectivity index (χ1n) is 4.83. The summed E-state index contributed by atoms with van der Waals surface area (Å²) < 4.78 is 0. The van der Waals surface area contributed by atoms with Crippen LogP contribution >= 0.6 is 23.2 Å². The van der Waals surface area contributed by atoms with Crippen LogP contribution in [-0.2, 0) is 0 Å². The van der Waals surface area contributed by atoms with Crippen LogP contribution < -0.4 is 5.73 Å². The maximum Gasteiger partial charge on any atom is 0.164 e. The maximum absolute atomic E-state index is 11.7. The molecule has 2 N–H and O–H groups in total. The van der Waals surface area contributed by atoms with E-state index in [9.17, 15) is 4.79 Å². The van der Waals surface area contributed by atoms with E-state index in [4.69, 9.17) is 28.9 Å². The second-order valence-corrected chi connectivity index (χ2v) is 4.14. The molecular weight excluding hydrogens is 233 g/mol. The molecule has 0 amide bonds. The van der Waals surface area contributed by atoms with Crippen molar-refractivity contribution in [3.05, 3.63) is 33.8 Å². The predicted molar refractivity (Wildman–Crippen MR) is 63.7 cm³/mol. The monoisotopic (exact) mass is 245 g/mol. The number of hydrogen-bond donors (Lipinski definition) is 1. The molecule has 1 aromatic rings. The van der Waals surface area contributed by atoms with E-state index in [-0.39, 0.29) is 5.78 Å². The first-order chi connectivity index (χ1) is 7.15. The van der Waals surface area contributed by atoms with Gasteiger partial charge in [0.15, 0.2) is 5.78 Å². The molecule has 0 saturated heterocycles. The van der Waals surface area contributed by atoms with E-state index >= 15 is 0 Å². The van der Waals surface area contributed by atoms with E-state index in [0.717, 1.165) is 12.8 Å². The Morgan fingerprint density at radius 2 is 2.00 bits per heavy atom. The third kappa shape index (κ3) is 3.82. The Hall–Kier alpha value is -0.570. The Labute approximate surface area is 99.4 Å². The van der Waals surface area contributed by atoms with Crippen molar-refractivity contribution in [2.24, 2.45) is 5.73 Å². The quantitative estimate of drug-likeness (QED) is 0.639. The summed E-state index contributed by atoms with van der Waals surface area (Å²) >= 11 is 11.7. The van der Waals surface area contributed by atoms with Crippen molar-refractivity contribution in [3.8, 4) is 0 Å². The van der Waals surface area contributed by atoms with Crippen LogP contribution in [0.5, 0.6) is 0 Å². The summed E-state index contributed by atoms with van der Waals surface area (Å²) in [6.45, 7) is 0.608. The lowest BCUT2D eigenvalue weighted by molar-refractivity contribution is 0.0980. The lowest BCUT2D eigenvalue weighted by Gasteiger charge is -2.03. The first-order valence-corrected chi connectivity index (χ1v) is 5.59. The van der Waals surface area contributed by atoms with Gasteiger partial charge in [-0.2, -0.15) is 0 Å². The van der Waals surface area contributed by atoms with E-state index in [1.807, 2.05) is 0 Å². The molecule has 0 bridgehead atoms. The zero-order valence-corrected chi connectivity index (χ0v) is 9.81. The lowest BCUT2D eigenvalue weighted by Crippen LogP contribution is -2.03. The third-order valence-corrected chi connectivity index (χ3v) is 2.65. The summed E-state index contributed by atoms with van der Waals surface area (Å²) in [5, 5.41) is 0.985. The number of unbranched alkanes of at least 4 members (excludes halogenated alkanes) is 1.